The van der Waals surface area contributed by atoms with Crippen LogP contribution in [-0.4, -0.2) is 29.7 Å². The molecule has 7 heteroatoms. The fraction of sp³-hybridized carbons (Fsp3) is 0.318. The number of nitrogens with zero attached hydrogens (tertiary/aromatic N) is 2. The molecule has 0 aliphatic rings. The number of methoxy groups -OCH3 is 2. The topological polar surface area (TPSA) is 82.5 Å². The Morgan fingerprint density at radius 2 is 1.79 bits per heavy atom. The van der Waals surface area contributed by atoms with Crippen molar-refractivity contribution in [3.05, 3.63) is 57.5 Å². The zero-order valence-electron chi connectivity index (χ0n) is 17.3. The predicted molar refractivity (Wildman–Crippen MR) is 113 cm³/mol. The van der Waals surface area contributed by atoms with Gasteiger partial charge in [-0.2, -0.15) is 0 Å². The third-order valence-corrected chi connectivity index (χ3v) is 4.97. The minimum Gasteiger partial charge on any atom is -0.497 e. The fourth-order valence-corrected chi connectivity index (χ4v) is 3.18. The van der Waals surface area contributed by atoms with Crippen molar-refractivity contribution in [1.29, 1.82) is 0 Å². The Hall–Kier alpha value is -3.35. The normalized spacial score (nSPS) is 10.8. The summed E-state index contributed by atoms with van der Waals surface area (Å²) in [6, 6.07) is 9.09. The molecule has 1 amide bonds. The first-order valence-corrected chi connectivity index (χ1v) is 9.34. The van der Waals surface area contributed by atoms with E-state index in [9.17, 15) is 9.59 Å². The van der Waals surface area contributed by atoms with E-state index in [4.69, 9.17) is 9.47 Å². The minimum atomic E-state index is -0.227. The van der Waals surface area contributed by atoms with Crippen LogP contribution in [0.15, 0.2) is 35.1 Å². The highest BCUT2D eigenvalue weighted by atomic mass is 16.5. The quantitative estimate of drug-likeness (QED) is 0.692. The van der Waals surface area contributed by atoms with Gasteiger partial charge >= 0.3 is 0 Å². The first-order valence-electron chi connectivity index (χ1n) is 9.34. The zero-order chi connectivity index (χ0) is 21.1. The Bertz CT molecular complexity index is 1140. The van der Waals surface area contributed by atoms with Crippen LogP contribution in [-0.2, 0) is 11.3 Å². The lowest BCUT2D eigenvalue weighted by molar-refractivity contribution is -0.116. The zero-order valence-corrected chi connectivity index (χ0v) is 17.3. The van der Waals surface area contributed by atoms with E-state index >= 15 is 0 Å². The number of benzene rings is 2. The minimum absolute atomic E-state index is 0.131. The van der Waals surface area contributed by atoms with Gasteiger partial charge in [-0.05, 0) is 56.2 Å². The molecule has 152 valence electrons. The number of carbonyl (C=O) groups is 1. The molecule has 7 nitrogen and oxygen atoms in total. The Kier molecular flexibility index (Phi) is 5.87. The van der Waals surface area contributed by atoms with E-state index in [2.05, 4.69) is 10.3 Å². The lowest BCUT2D eigenvalue weighted by atomic mass is 10.1. The van der Waals surface area contributed by atoms with Crippen LogP contribution in [0.5, 0.6) is 11.5 Å². The number of rotatable bonds is 6. The van der Waals surface area contributed by atoms with Crippen LogP contribution >= 0.6 is 0 Å². The van der Waals surface area contributed by atoms with Crippen molar-refractivity contribution in [1.82, 2.24) is 9.55 Å². The van der Waals surface area contributed by atoms with E-state index in [0.29, 0.717) is 22.9 Å². The molecule has 2 aromatic carbocycles. The largest absolute Gasteiger partial charge is 0.497 e. The third-order valence-electron chi connectivity index (χ3n) is 4.97. The van der Waals surface area contributed by atoms with Crippen molar-refractivity contribution in [2.45, 2.75) is 33.7 Å². The van der Waals surface area contributed by atoms with Crippen LogP contribution in [0.1, 0.15) is 23.2 Å². The van der Waals surface area contributed by atoms with Crippen LogP contribution in [0, 0.1) is 20.8 Å². The van der Waals surface area contributed by atoms with Gasteiger partial charge in [0.25, 0.3) is 5.56 Å². The van der Waals surface area contributed by atoms with Crippen LogP contribution in [0.25, 0.3) is 11.0 Å². The molecular formula is C22H25N3O4. The maximum atomic E-state index is 12.7. The second-order valence-electron chi connectivity index (χ2n) is 6.94. The molecule has 0 saturated carbocycles. The van der Waals surface area contributed by atoms with Gasteiger partial charge in [0, 0.05) is 19.0 Å². The monoisotopic (exact) mass is 395 g/mol. The highest BCUT2D eigenvalue weighted by Gasteiger charge is 2.13. The van der Waals surface area contributed by atoms with Gasteiger partial charge in [0.15, 0.2) is 0 Å². The average Bonchev–Trinajstić information content (AvgIpc) is 2.70. The van der Waals surface area contributed by atoms with Gasteiger partial charge in [-0.15, -0.1) is 0 Å². The van der Waals surface area contributed by atoms with Crippen molar-refractivity contribution in [3.63, 3.8) is 0 Å². The highest BCUT2D eigenvalue weighted by molar-refractivity contribution is 5.92. The smallest absolute Gasteiger partial charge is 0.272 e. The van der Waals surface area contributed by atoms with Crippen molar-refractivity contribution in [2.75, 3.05) is 19.5 Å². The molecule has 0 radical (unpaired) electrons. The highest BCUT2D eigenvalue weighted by Crippen LogP contribution is 2.29. The van der Waals surface area contributed by atoms with E-state index in [0.717, 1.165) is 22.2 Å². The van der Waals surface area contributed by atoms with Crippen molar-refractivity contribution in [2.24, 2.45) is 0 Å². The summed E-state index contributed by atoms with van der Waals surface area (Å²) < 4.78 is 12.1. The number of aryl methyl sites for hydroxylation is 4. The van der Waals surface area contributed by atoms with E-state index in [1.807, 2.05) is 26.0 Å². The summed E-state index contributed by atoms with van der Waals surface area (Å²) in [5.74, 6) is 0.918. The molecule has 0 atom stereocenters. The molecule has 0 unspecified atom stereocenters. The Labute approximate surface area is 169 Å². The second-order valence-corrected chi connectivity index (χ2v) is 6.94. The van der Waals surface area contributed by atoms with Crippen LogP contribution < -0.4 is 20.3 Å². The van der Waals surface area contributed by atoms with Gasteiger partial charge in [-0.25, -0.2) is 4.98 Å². The lowest BCUT2D eigenvalue weighted by Crippen LogP contribution is -2.26. The first-order chi connectivity index (χ1) is 13.8. The number of fused-ring (bicyclic) bond motifs is 1. The van der Waals surface area contributed by atoms with Crippen LogP contribution in [0.4, 0.5) is 5.69 Å². The number of carbonyl (C=O) groups excluding carboxylic acids is 1. The van der Waals surface area contributed by atoms with E-state index < -0.39 is 0 Å². The summed E-state index contributed by atoms with van der Waals surface area (Å²) in [6.07, 6.45) is 0.131. The summed E-state index contributed by atoms with van der Waals surface area (Å²) in [6.45, 7) is 5.94. The number of amides is 1. The number of aromatic nitrogens is 2. The number of hydrogen-bond acceptors (Lipinski definition) is 5. The summed E-state index contributed by atoms with van der Waals surface area (Å²) in [5, 5.41) is 2.83. The second kappa shape index (κ2) is 8.34. The molecule has 0 fully saturated rings. The van der Waals surface area contributed by atoms with E-state index in [-0.39, 0.29) is 24.4 Å². The van der Waals surface area contributed by atoms with Gasteiger partial charge < -0.3 is 19.4 Å². The SMILES string of the molecule is COc1ccc(OC)c(NC(=O)CCn2c(=O)c(C)nc3cc(C)c(C)cc32)c1. The van der Waals surface area contributed by atoms with Gasteiger partial charge in [-0.3, -0.25) is 9.59 Å². The van der Waals surface area contributed by atoms with Gasteiger partial charge in [0.2, 0.25) is 5.91 Å². The molecule has 0 aliphatic carbocycles. The number of nitrogens with one attached hydrogen (secondary N) is 1. The molecular weight excluding hydrogens is 370 g/mol. The van der Waals surface area contributed by atoms with Crippen molar-refractivity contribution < 1.29 is 14.3 Å². The predicted octanol–water partition coefficient (Wildman–Crippen LogP) is 3.37. The maximum absolute atomic E-state index is 12.7. The number of anilines is 1. The van der Waals surface area contributed by atoms with Gasteiger partial charge in [0.1, 0.15) is 17.2 Å². The molecule has 0 spiro atoms. The molecule has 3 rings (SSSR count). The molecule has 1 heterocycles. The standard InChI is InChI=1S/C22H25N3O4/c1-13-10-17-19(11-14(13)2)25(22(27)15(3)23-17)9-8-21(26)24-18-12-16(28-4)6-7-20(18)29-5/h6-7,10-12H,8-9H2,1-5H3,(H,24,26). The van der Waals surface area contributed by atoms with E-state index in [1.165, 1.54) is 7.11 Å². The van der Waals surface area contributed by atoms with Gasteiger partial charge in [0.05, 0.1) is 30.9 Å². The van der Waals surface area contributed by atoms with E-state index in [1.54, 1.807) is 36.8 Å². The fourth-order valence-electron chi connectivity index (χ4n) is 3.18. The summed E-state index contributed by atoms with van der Waals surface area (Å²) in [4.78, 5) is 29.6. The Morgan fingerprint density at radius 3 is 2.48 bits per heavy atom. The number of hydrogen-bond donors (Lipinski definition) is 1. The molecule has 0 saturated heterocycles. The van der Waals surface area contributed by atoms with Gasteiger partial charge in [-0.1, -0.05) is 0 Å². The number of ether oxygens (including phenoxy) is 2. The molecule has 3 aromatic rings. The molecule has 1 N–H and O–H groups in total. The Balaban J connectivity index is 1.86. The Morgan fingerprint density at radius 1 is 1.07 bits per heavy atom. The lowest BCUT2D eigenvalue weighted by Gasteiger charge is -2.14. The first kappa shape index (κ1) is 20.4. The molecule has 0 aliphatic heterocycles. The van der Waals surface area contributed by atoms with Crippen LogP contribution in [0.2, 0.25) is 0 Å². The van der Waals surface area contributed by atoms with Crippen molar-refractivity contribution >= 4 is 22.6 Å². The summed E-state index contributed by atoms with van der Waals surface area (Å²) in [7, 11) is 3.09. The maximum Gasteiger partial charge on any atom is 0.272 e. The van der Waals surface area contributed by atoms with Crippen molar-refractivity contribution in [3.8, 4) is 11.5 Å². The average molecular weight is 395 g/mol. The molecule has 1 aromatic heterocycles. The van der Waals surface area contributed by atoms with Crippen LogP contribution in [0.3, 0.4) is 0 Å². The molecule has 0 bridgehead atoms. The third kappa shape index (κ3) is 4.23. The summed E-state index contributed by atoms with van der Waals surface area (Å²) >= 11 is 0. The molecule has 29 heavy (non-hydrogen) atoms. The summed E-state index contributed by atoms with van der Waals surface area (Å²) in [5.41, 5.74) is 4.41.